The minimum absolute atomic E-state index is 0.0138. The lowest BCUT2D eigenvalue weighted by molar-refractivity contribution is -0.117. The van der Waals surface area contributed by atoms with Crippen LogP contribution in [0.1, 0.15) is 24.1 Å². The van der Waals surface area contributed by atoms with Crippen LogP contribution in [0.2, 0.25) is 0 Å². The van der Waals surface area contributed by atoms with Gasteiger partial charge < -0.3 is 10.2 Å². The molecule has 0 saturated carbocycles. The topological polar surface area (TPSA) is 45.2 Å². The molecule has 27 heavy (non-hydrogen) atoms. The fourth-order valence-electron chi connectivity index (χ4n) is 2.93. The first-order chi connectivity index (χ1) is 12.9. The molecule has 1 heterocycles. The van der Waals surface area contributed by atoms with Crippen molar-refractivity contribution in [3.8, 4) is 11.1 Å². The first kappa shape index (κ1) is 18.6. The number of hydrogen-bond donors (Lipinski definition) is 1. The molecule has 0 aliphatic heterocycles. The second-order valence-electron chi connectivity index (χ2n) is 6.96. The van der Waals surface area contributed by atoms with Crippen molar-refractivity contribution >= 4 is 17.3 Å². The number of aryl methyl sites for hydroxylation is 1. The van der Waals surface area contributed by atoms with Crippen molar-refractivity contribution in [2.45, 2.75) is 19.8 Å². The molecular weight excluding hydrogens is 334 g/mol. The van der Waals surface area contributed by atoms with E-state index < -0.39 is 0 Å². The van der Waals surface area contributed by atoms with E-state index in [9.17, 15) is 4.79 Å². The molecular formula is C23H25N3O. The quantitative estimate of drug-likeness (QED) is 0.707. The molecule has 2 aromatic carbocycles. The largest absolute Gasteiger partial charge is 0.378 e. The van der Waals surface area contributed by atoms with E-state index in [4.69, 9.17) is 0 Å². The molecule has 0 saturated heterocycles. The highest BCUT2D eigenvalue weighted by Gasteiger charge is 2.15. The van der Waals surface area contributed by atoms with Crippen molar-refractivity contribution in [2.24, 2.45) is 0 Å². The van der Waals surface area contributed by atoms with Gasteiger partial charge in [-0.25, -0.2) is 0 Å². The molecule has 138 valence electrons. The average Bonchev–Trinajstić information content (AvgIpc) is 2.68. The molecule has 4 nitrogen and oxygen atoms in total. The Morgan fingerprint density at radius 1 is 0.963 bits per heavy atom. The Bertz CT molecular complexity index is 915. The first-order valence-corrected chi connectivity index (χ1v) is 9.05. The summed E-state index contributed by atoms with van der Waals surface area (Å²) in [6.07, 6.45) is 1.81. The van der Waals surface area contributed by atoms with Gasteiger partial charge in [0.1, 0.15) is 0 Å². The number of amides is 1. The fraction of sp³-hybridized carbons (Fsp3) is 0.217. The van der Waals surface area contributed by atoms with Crippen LogP contribution in [0.15, 0.2) is 66.9 Å². The highest BCUT2D eigenvalue weighted by atomic mass is 16.1. The van der Waals surface area contributed by atoms with E-state index in [-0.39, 0.29) is 11.8 Å². The number of carbonyl (C=O) groups excluding carboxylic acids is 1. The zero-order valence-corrected chi connectivity index (χ0v) is 16.2. The van der Waals surface area contributed by atoms with E-state index in [2.05, 4.69) is 10.3 Å². The van der Waals surface area contributed by atoms with Crippen LogP contribution in [-0.4, -0.2) is 25.0 Å². The zero-order valence-electron chi connectivity index (χ0n) is 16.2. The number of hydrogen-bond acceptors (Lipinski definition) is 3. The summed E-state index contributed by atoms with van der Waals surface area (Å²) in [5.74, 6) is -0.233. The van der Waals surface area contributed by atoms with Crippen LogP contribution in [-0.2, 0) is 4.79 Å². The van der Waals surface area contributed by atoms with Crippen LogP contribution in [0.5, 0.6) is 0 Å². The van der Waals surface area contributed by atoms with Gasteiger partial charge in [-0.3, -0.25) is 9.78 Å². The van der Waals surface area contributed by atoms with Crippen LogP contribution in [0, 0.1) is 6.92 Å². The van der Waals surface area contributed by atoms with Gasteiger partial charge >= 0.3 is 0 Å². The Hall–Kier alpha value is -3.14. The van der Waals surface area contributed by atoms with Crippen molar-refractivity contribution in [1.82, 2.24) is 4.98 Å². The molecule has 0 radical (unpaired) electrons. The Kier molecular flexibility index (Phi) is 5.55. The van der Waals surface area contributed by atoms with Gasteiger partial charge in [-0.05, 0) is 66.9 Å². The van der Waals surface area contributed by atoms with Crippen LogP contribution in [0.3, 0.4) is 0 Å². The van der Waals surface area contributed by atoms with Gasteiger partial charge in [-0.1, -0.05) is 24.3 Å². The number of rotatable bonds is 5. The molecule has 1 unspecified atom stereocenters. The first-order valence-electron chi connectivity index (χ1n) is 9.05. The summed E-state index contributed by atoms with van der Waals surface area (Å²) in [6.45, 7) is 3.90. The zero-order chi connectivity index (χ0) is 19.4. The Morgan fingerprint density at radius 2 is 1.63 bits per heavy atom. The molecule has 1 aromatic heterocycles. The molecule has 1 atom stereocenters. The molecule has 3 rings (SSSR count). The van der Waals surface area contributed by atoms with Crippen molar-refractivity contribution in [1.29, 1.82) is 0 Å². The van der Waals surface area contributed by atoms with Crippen LogP contribution < -0.4 is 10.2 Å². The van der Waals surface area contributed by atoms with E-state index in [1.165, 1.54) is 0 Å². The van der Waals surface area contributed by atoms with Crippen molar-refractivity contribution in [3.63, 3.8) is 0 Å². The van der Waals surface area contributed by atoms with E-state index in [0.717, 1.165) is 33.8 Å². The van der Waals surface area contributed by atoms with Gasteiger partial charge in [0.15, 0.2) is 0 Å². The Labute approximate surface area is 160 Å². The Balaban J connectivity index is 1.68. The maximum absolute atomic E-state index is 12.6. The number of carbonyl (C=O) groups is 1. The summed E-state index contributed by atoms with van der Waals surface area (Å²) in [7, 11) is 4.00. The smallest absolute Gasteiger partial charge is 0.231 e. The van der Waals surface area contributed by atoms with Gasteiger partial charge in [0.05, 0.1) is 5.92 Å². The monoisotopic (exact) mass is 359 g/mol. The summed E-state index contributed by atoms with van der Waals surface area (Å²) < 4.78 is 0. The summed E-state index contributed by atoms with van der Waals surface area (Å²) in [6, 6.07) is 20.0. The molecule has 3 aromatic rings. The van der Waals surface area contributed by atoms with Gasteiger partial charge in [0, 0.05) is 37.4 Å². The predicted octanol–water partition coefficient (Wildman–Crippen LogP) is 4.87. The molecule has 0 bridgehead atoms. The normalized spacial score (nSPS) is 11.7. The summed E-state index contributed by atoms with van der Waals surface area (Å²) in [5, 5.41) is 3.01. The molecule has 1 amide bonds. The standard InChI is InChI=1S/C23H25N3O/c1-16-15-20(13-14-24-16)19-5-9-21(10-6-19)25-23(27)17(2)18-7-11-22(12-8-18)26(3)4/h5-15,17H,1-4H3,(H,25,27). The van der Waals surface area contributed by atoms with Gasteiger partial charge in [0.25, 0.3) is 0 Å². The van der Waals surface area contributed by atoms with Gasteiger partial charge in [0.2, 0.25) is 5.91 Å². The summed E-state index contributed by atoms with van der Waals surface area (Å²) >= 11 is 0. The third-order valence-corrected chi connectivity index (χ3v) is 4.69. The highest BCUT2D eigenvalue weighted by Crippen LogP contribution is 2.24. The number of benzene rings is 2. The summed E-state index contributed by atoms with van der Waals surface area (Å²) in [4.78, 5) is 18.9. The second-order valence-corrected chi connectivity index (χ2v) is 6.96. The predicted molar refractivity (Wildman–Crippen MR) is 112 cm³/mol. The molecule has 4 heteroatoms. The highest BCUT2D eigenvalue weighted by molar-refractivity contribution is 5.95. The number of pyridine rings is 1. The van der Waals surface area contributed by atoms with Gasteiger partial charge in [-0.15, -0.1) is 0 Å². The summed E-state index contributed by atoms with van der Waals surface area (Å²) in [5.41, 5.74) is 6.13. The molecule has 0 spiro atoms. The van der Waals surface area contributed by atoms with Crippen LogP contribution in [0.4, 0.5) is 11.4 Å². The average molecular weight is 359 g/mol. The van der Waals surface area contributed by atoms with E-state index in [0.29, 0.717) is 0 Å². The van der Waals surface area contributed by atoms with E-state index >= 15 is 0 Å². The third kappa shape index (κ3) is 4.53. The number of nitrogens with zero attached hydrogens (tertiary/aromatic N) is 2. The maximum atomic E-state index is 12.6. The molecule has 1 N–H and O–H groups in total. The van der Waals surface area contributed by atoms with Crippen molar-refractivity contribution in [2.75, 3.05) is 24.3 Å². The second kappa shape index (κ2) is 8.04. The Morgan fingerprint density at radius 3 is 2.22 bits per heavy atom. The van der Waals surface area contributed by atoms with Crippen molar-refractivity contribution in [3.05, 3.63) is 78.1 Å². The lowest BCUT2D eigenvalue weighted by atomic mass is 9.99. The molecule has 0 fully saturated rings. The van der Waals surface area contributed by atoms with E-state index in [1.54, 1.807) is 0 Å². The van der Waals surface area contributed by atoms with Crippen molar-refractivity contribution < 1.29 is 4.79 Å². The lowest BCUT2D eigenvalue weighted by Gasteiger charge is -2.16. The van der Waals surface area contributed by atoms with E-state index in [1.807, 2.05) is 99.7 Å². The fourth-order valence-corrected chi connectivity index (χ4v) is 2.93. The maximum Gasteiger partial charge on any atom is 0.231 e. The minimum Gasteiger partial charge on any atom is -0.378 e. The van der Waals surface area contributed by atoms with Crippen LogP contribution >= 0.6 is 0 Å². The number of anilines is 2. The van der Waals surface area contributed by atoms with Crippen LogP contribution in [0.25, 0.3) is 11.1 Å². The third-order valence-electron chi connectivity index (χ3n) is 4.69. The SMILES string of the molecule is Cc1cc(-c2ccc(NC(=O)C(C)c3ccc(N(C)C)cc3)cc2)ccn1. The van der Waals surface area contributed by atoms with Gasteiger partial charge in [-0.2, -0.15) is 0 Å². The lowest BCUT2D eigenvalue weighted by Crippen LogP contribution is -2.19. The number of nitrogens with one attached hydrogen (secondary N) is 1. The molecule has 0 aliphatic rings. The molecule has 0 aliphatic carbocycles. The number of aromatic nitrogens is 1. The minimum atomic E-state index is -0.219.